The van der Waals surface area contributed by atoms with Crippen LogP contribution in [0.2, 0.25) is 0 Å². The molecular formula is C18H20N6OS. The Morgan fingerprint density at radius 2 is 2.04 bits per heavy atom. The van der Waals surface area contributed by atoms with Crippen LogP contribution in [0.1, 0.15) is 17.1 Å². The molecule has 134 valence electrons. The second-order valence-corrected chi connectivity index (χ2v) is 6.37. The summed E-state index contributed by atoms with van der Waals surface area (Å²) in [6.07, 6.45) is 1.54. The van der Waals surface area contributed by atoms with E-state index in [-0.39, 0.29) is 5.11 Å². The van der Waals surface area contributed by atoms with Gasteiger partial charge in [0.15, 0.2) is 5.11 Å². The zero-order valence-corrected chi connectivity index (χ0v) is 15.1. The van der Waals surface area contributed by atoms with Crippen molar-refractivity contribution in [2.45, 2.75) is 6.54 Å². The lowest BCUT2D eigenvalue weighted by Gasteiger charge is -2.36. The molecule has 3 N–H and O–H groups in total. The Morgan fingerprint density at radius 3 is 2.77 bits per heavy atom. The third-order valence-corrected chi connectivity index (χ3v) is 4.26. The molecule has 3 rings (SSSR count). The number of rotatable bonds is 5. The van der Waals surface area contributed by atoms with Crippen LogP contribution in [0.25, 0.3) is 0 Å². The number of nitrogens with zero attached hydrogens (tertiary/aromatic N) is 4. The molecule has 1 aliphatic rings. The number of piperazine rings is 1. The van der Waals surface area contributed by atoms with Crippen molar-refractivity contribution >= 4 is 29.2 Å². The van der Waals surface area contributed by atoms with Crippen LogP contribution in [0.15, 0.2) is 45.9 Å². The second-order valence-electron chi connectivity index (χ2n) is 5.93. The Balaban J connectivity index is 1.53. The summed E-state index contributed by atoms with van der Waals surface area (Å²) >= 11 is 4.68. The SMILES string of the molecule is N#Cc1ccccc1N1CCN(Cc2ccc(/C=N/NC(N)=S)o2)CC1. The Morgan fingerprint density at radius 1 is 1.27 bits per heavy atom. The predicted molar refractivity (Wildman–Crippen MR) is 105 cm³/mol. The zero-order valence-electron chi connectivity index (χ0n) is 14.3. The first kappa shape index (κ1) is 17.9. The maximum absolute atomic E-state index is 9.26. The number of benzene rings is 1. The summed E-state index contributed by atoms with van der Waals surface area (Å²) in [4.78, 5) is 4.59. The zero-order chi connectivity index (χ0) is 18.4. The van der Waals surface area contributed by atoms with E-state index in [1.807, 2.05) is 36.4 Å². The van der Waals surface area contributed by atoms with E-state index in [0.717, 1.165) is 49.7 Å². The maximum Gasteiger partial charge on any atom is 0.184 e. The van der Waals surface area contributed by atoms with Crippen LogP contribution in [0.3, 0.4) is 0 Å². The third-order valence-electron chi connectivity index (χ3n) is 4.17. The summed E-state index contributed by atoms with van der Waals surface area (Å²) in [5.41, 5.74) is 9.53. The fraction of sp³-hybridized carbons (Fsp3) is 0.278. The van der Waals surface area contributed by atoms with Crippen molar-refractivity contribution in [3.8, 4) is 6.07 Å². The molecule has 0 bridgehead atoms. The first-order chi connectivity index (χ1) is 12.7. The van der Waals surface area contributed by atoms with Gasteiger partial charge in [-0.25, -0.2) is 0 Å². The smallest absolute Gasteiger partial charge is 0.184 e. The Kier molecular flexibility index (Phi) is 5.84. The summed E-state index contributed by atoms with van der Waals surface area (Å²) in [7, 11) is 0. The molecule has 1 aromatic heterocycles. The lowest BCUT2D eigenvalue weighted by molar-refractivity contribution is 0.230. The van der Waals surface area contributed by atoms with Crippen molar-refractivity contribution in [2.75, 3.05) is 31.1 Å². The van der Waals surface area contributed by atoms with Gasteiger partial charge in [-0.3, -0.25) is 10.3 Å². The number of hydrogen-bond acceptors (Lipinski definition) is 6. The summed E-state index contributed by atoms with van der Waals surface area (Å²) in [5, 5.41) is 13.3. The van der Waals surface area contributed by atoms with Gasteiger partial charge in [0, 0.05) is 26.2 Å². The Hall–Kier alpha value is -2.89. The molecule has 0 unspecified atom stereocenters. The lowest BCUT2D eigenvalue weighted by Crippen LogP contribution is -2.46. The second kappa shape index (κ2) is 8.47. The lowest BCUT2D eigenvalue weighted by atomic mass is 10.1. The maximum atomic E-state index is 9.26. The van der Waals surface area contributed by atoms with E-state index in [2.05, 4.69) is 38.6 Å². The number of hydrazone groups is 1. The normalized spacial score (nSPS) is 15.1. The van der Waals surface area contributed by atoms with Crippen molar-refractivity contribution in [1.82, 2.24) is 10.3 Å². The van der Waals surface area contributed by atoms with Crippen molar-refractivity contribution in [3.63, 3.8) is 0 Å². The van der Waals surface area contributed by atoms with Gasteiger partial charge in [-0.1, -0.05) is 12.1 Å². The number of para-hydroxylation sites is 1. The highest BCUT2D eigenvalue weighted by molar-refractivity contribution is 7.80. The first-order valence-corrected chi connectivity index (χ1v) is 8.70. The van der Waals surface area contributed by atoms with Crippen LogP contribution in [-0.4, -0.2) is 42.4 Å². The average molecular weight is 368 g/mol. The molecule has 0 amide bonds. The highest BCUT2D eigenvalue weighted by Crippen LogP contribution is 2.21. The third kappa shape index (κ3) is 4.59. The van der Waals surface area contributed by atoms with Gasteiger partial charge in [-0.05, 0) is 36.5 Å². The van der Waals surface area contributed by atoms with E-state index in [1.54, 1.807) is 6.21 Å². The molecule has 0 aliphatic carbocycles. The van der Waals surface area contributed by atoms with Crippen molar-refractivity contribution < 1.29 is 4.42 Å². The number of anilines is 1. The number of thiocarbonyl (C=S) groups is 1. The van der Waals surface area contributed by atoms with Crippen LogP contribution >= 0.6 is 12.2 Å². The monoisotopic (exact) mass is 368 g/mol. The molecule has 0 spiro atoms. The fourth-order valence-corrected chi connectivity index (χ4v) is 2.97. The Labute approximate surface area is 157 Å². The van der Waals surface area contributed by atoms with E-state index in [4.69, 9.17) is 10.2 Å². The molecule has 0 atom stereocenters. The number of nitrogens with one attached hydrogen (secondary N) is 1. The largest absolute Gasteiger partial charge is 0.459 e. The predicted octanol–water partition coefficient (Wildman–Crippen LogP) is 1.64. The van der Waals surface area contributed by atoms with Crippen LogP contribution in [0.5, 0.6) is 0 Å². The molecule has 1 aliphatic heterocycles. The molecule has 1 saturated heterocycles. The molecule has 8 heteroatoms. The quantitative estimate of drug-likeness (QED) is 0.471. The topological polar surface area (TPSA) is 93.8 Å². The first-order valence-electron chi connectivity index (χ1n) is 8.29. The van der Waals surface area contributed by atoms with Gasteiger partial charge in [0.25, 0.3) is 0 Å². The summed E-state index contributed by atoms with van der Waals surface area (Å²) in [5.74, 6) is 1.53. The van der Waals surface area contributed by atoms with Gasteiger partial charge >= 0.3 is 0 Å². The van der Waals surface area contributed by atoms with Gasteiger partial charge in [0.05, 0.1) is 24.0 Å². The minimum Gasteiger partial charge on any atom is -0.459 e. The molecule has 0 saturated carbocycles. The highest BCUT2D eigenvalue weighted by Gasteiger charge is 2.19. The van der Waals surface area contributed by atoms with Crippen molar-refractivity contribution in [3.05, 3.63) is 53.5 Å². The van der Waals surface area contributed by atoms with E-state index >= 15 is 0 Å². The average Bonchev–Trinajstić information content (AvgIpc) is 3.09. The van der Waals surface area contributed by atoms with Gasteiger partial charge in [0.2, 0.25) is 0 Å². The minimum absolute atomic E-state index is 0.115. The molecular weight excluding hydrogens is 348 g/mol. The van der Waals surface area contributed by atoms with Gasteiger partial charge in [-0.15, -0.1) is 0 Å². The molecule has 2 aromatic rings. The number of nitrogens with two attached hydrogens (primary N) is 1. The number of furan rings is 1. The summed E-state index contributed by atoms with van der Waals surface area (Å²) < 4.78 is 5.74. The minimum atomic E-state index is 0.115. The van der Waals surface area contributed by atoms with Gasteiger partial charge < -0.3 is 15.1 Å². The van der Waals surface area contributed by atoms with E-state index in [1.165, 1.54) is 0 Å². The van der Waals surface area contributed by atoms with Crippen molar-refractivity contribution in [2.24, 2.45) is 10.8 Å². The molecule has 2 heterocycles. The molecule has 7 nitrogen and oxygen atoms in total. The molecule has 0 radical (unpaired) electrons. The fourth-order valence-electron chi connectivity index (χ4n) is 2.92. The van der Waals surface area contributed by atoms with Crippen molar-refractivity contribution in [1.29, 1.82) is 5.26 Å². The van der Waals surface area contributed by atoms with E-state index in [0.29, 0.717) is 5.76 Å². The summed E-state index contributed by atoms with van der Waals surface area (Å²) in [6, 6.07) is 13.8. The van der Waals surface area contributed by atoms with Gasteiger partial charge in [0.1, 0.15) is 17.6 Å². The molecule has 1 fully saturated rings. The summed E-state index contributed by atoms with van der Waals surface area (Å²) in [6.45, 7) is 4.32. The van der Waals surface area contributed by atoms with E-state index in [9.17, 15) is 5.26 Å². The highest BCUT2D eigenvalue weighted by atomic mass is 32.1. The number of hydrogen-bond donors (Lipinski definition) is 2. The van der Waals surface area contributed by atoms with Crippen LogP contribution in [-0.2, 0) is 6.54 Å². The standard InChI is InChI=1S/C18H20N6OS/c19-11-14-3-1-2-4-17(14)24-9-7-23(8-10-24)13-16-6-5-15(25-16)12-21-22-18(20)26/h1-6,12H,7-10,13H2,(H3,20,22,26)/b21-12+. The van der Waals surface area contributed by atoms with Crippen LogP contribution in [0, 0.1) is 11.3 Å². The molecule has 1 aromatic carbocycles. The van der Waals surface area contributed by atoms with Crippen LogP contribution in [0.4, 0.5) is 5.69 Å². The van der Waals surface area contributed by atoms with Crippen LogP contribution < -0.4 is 16.1 Å². The van der Waals surface area contributed by atoms with Gasteiger partial charge in [-0.2, -0.15) is 10.4 Å². The number of nitriles is 1. The van der Waals surface area contributed by atoms with E-state index < -0.39 is 0 Å². The Bertz CT molecular complexity index is 832. The molecule has 26 heavy (non-hydrogen) atoms.